The molecule has 1 aromatic rings. The smallest absolute Gasteiger partial charge is 0.376 e. The van der Waals surface area contributed by atoms with Crippen LogP contribution in [-0.4, -0.2) is 12.8 Å². The standard InChI is InChI=1S/C11H9F4NO/c12-10-5-8(6-16)1-2-9(10)7-17-4-3-11(13,14)15/h1-2,5H,3-4,7H2. The summed E-state index contributed by atoms with van der Waals surface area (Å²) in [5, 5.41) is 8.48. The van der Waals surface area contributed by atoms with Crippen molar-refractivity contribution in [1.82, 2.24) is 0 Å². The van der Waals surface area contributed by atoms with Crippen LogP contribution < -0.4 is 0 Å². The molecule has 0 bridgehead atoms. The molecule has 0 heterocycles. The number of hydrogen-bond acceptors (Lipinski definition) is 2. The third-order valence-electron chi connectivity index (χ3n) is 1.97. The molecule has 0 aliphatic heterocycles. The molecule has 0 saturated carbocycles. The second kappa shape index (κ2) is 5.64. The van der Waals surface area contributed by atoms with Gasteiger partial charge >= 0.3 is 6.18 Å². The molecule has 0 N–H and O–H groups in total. The molecular formula is C11H9F4NO. The Labute approximate surface area is 95.4 Å². The van der Waals surface area contributed by atoms with Gasteiger partial charge in [0.05, 0.1) is 31.3 Å². The van der Waals surface area contributed by atoms with E-state index < -0.39 is 25.0 Å². The van der Waals surface area contributed by atoms with Crippen molar-refractivity contribution < 1.29 is 22.3 Å². The molecule has 0 aromatic heterocycles. The van der Waals surface area contributed by atoms with E-state index in [0.29, 0.717) is 0 Å². The number of nitrogens with zero attached hydrogens (tertiary/aromatic N) is 1. The zero-order valence-electron chi connectivity index (χ0n) is 8.72. The molecule has 0 unspecified atom stereocenters. The van der Waals surface area contributed by atoms with Gasteiger partial charge in [0, 0.05) is 5.56 Å². The summed E-state index contributed by atoms with van der Waals surface area (Å²) in [6.07, 6.45) is -5.34. The van der Waals surface area contributed by atoms with Crippen LogP contribution >= 0.6 is 0 Å². The van der Waals surface area contributed by atoms with E-state index in [9.17, 15) is 17.6 Å². The monoisotopic (exact) mass is 247 g/mol. The zero-order valence-corrected chi connectivity index (χ0v) is 8.72. The number of rotatable bonds is 4. The summed E-state index contributed by atoms with van der Waals surface area (Å²) in [4.78, 5) is 0. The van der Waals surface area contributed by atoms with Gasteiger partial charge in [0.15, 0.2) is 0 Å². The summed E-state index contributed by atoms with van der Waals surface area (Å²) >= 11 is 0. The molecule has 92 valence electrons. The Morgan fingerprint density at radius 3 is 2.53 bits per heavy atom. The van der Waals surface area contributed by atoms with Crippen LogP contribution in [0.1, 0.15) is 17.5 Å². The lowest BCUT2D eigenvalue weighted by molar-refractivity contribution is -0.146. The first kappa shape index (κ1) is 13.5. The number of nitriles is 1. The van der Waals surface area contributed by atoms with Crippen LogP contribution in [0, 0.1) is 17.1 Å². The SMILES string of the molecule is N#Cc1ccc(COCCC(F)(F)F)c(F)c1. The summed E-state index contributed by atoms with van der Waals surface area (Å²) in [7, 11) is 0. The molecule has 0 fully saturated rings. The molecule has 0 spiro atoms. The van der Waals surface area contributed by atoms with E-state index in [-0.39, 0.29) is 17.7 Å². The van der Waals surface area contributed by atoms with Gasteiger partial charge in [0.25, 0.3) is 0 Å². The fourth-order valence-electron chi connectivity index (χ4n) is 1.10. The predicted octanol–water partition coefficient (Wildman–Crippen LogP) is 3.17. The Bertz CT molecular complexity index is 422. The van der Waals surface area contributed by atoms with Gasteiger partial charge in [-0.05, 0) is 12.1 Å². The maximum atomic E-state index is 13.2. The minimum absolute atomic E-state index is 0.131. The molecule has 2 nitrogen and oxygen atoms in total. The first-order chi connectivity index (χ1) is 7.92. The summed E-state index contributed by atoms with van der Waals surface area (Å²) in [6.45, 7) is -0.753. The lowest BCUT2D eigenvalue weighted by Gasteiger charge is -2.07. The van der Waals surface area contributed by atoms with Crippen LogP contribution in [0.2, 0.25) is 0 Å². The average molecular weight is 247 g/mol. The van der Waals surface area contributed by atoms with E-state index in [1.807, 2.05) is 0 Å². The summed E-state index contributed by atoms with van der Waals surface area (Å²) < 4.78 is 53.3. The normalized spacial score (nSPS) is 11.2. The highest BCUT2D eigenvalue weighted by atomic mass is 19.4. The van der Waals surface area contributed by atoms with E-state index in [0.717, 1.165) is 6.07 Å². The molecule has 0 saturated heterocycles. The highest BCUT2D eigenvalue weighted by molar-refractivity contribution is 5.32. The minimum Gasteiger partial charge on any atom is -0.376 e. The molecule has 1 aromatic carbocycles. The number of ether oxygens (including phenoxy) is 1. The Morgan fingerprint density at radius 2 is 2.00 bits per heavy atom. The number of halogens is 4. The van der Waals surface area contributed by atoms with Gasteiger partial charge in [-0.3, -0.25) is 0 Å². The fourth-order valence-corrected chi connectivity index (χ4v) is 1.10. The lowest BCUT2D eigenvalue weighted by atomic mass is 10.1. The van der Waals surface area contributed by atoms with Crippen molar-refractivity contribution >= 4 is 0 Å². The van der Waals surface area contributed by atoms with E-state index in [1.54, 1.807) is 6.07 Å². The molecule has 1 rings (SSSR count). The molecule has 17 heavy (non-hydrogen) atoms. The van der Waals surface area contributed by atoms with Gasteiger partial charge in [0.1, 0.15) is 5.82 Å². The molecule has 6 heteroatoms. The Kier molecular flexibility index (Phi) is 4.46. The predicted molar refractivity (Wildman–Crippen MR) is 51.4 cm³/mol. The van der Waals surface area contributed by atoms with Crippen LogP contribution in [0.25, 0.3) is 0 Å². The minimum atomic E-state index is -4.27. The van der Waals surface area contributed by atoms with E-state index in [1.165, 1.54) is 12.1 Å². The van der Waals surface area contributed by atoms with E-state index in [2.05, 4.69) is 0 Å². The van der Waals surface area contributed by atoms with Crippen molar-refractivity contribution in [2.45, 2.75) is 19.2 Å². The third kappa shape index (κ3) is 4.83. The first-order valence-corrected chi connectivity index (χ1v) is 4.75. The quantitative estimate of drug-likeness (QED) is 0.604. The summed E-state index contributed by atoms with van der Waals surface area (Å²) in [5.41, 5.74) is 0.285. The maximum absolute atomic E-state index is 13.2. The molecule has 0 aliphatic rings. The number of hydrogen-bond donors (Lipinski definition) is 0. The van der Waals surface area contributed by atoms with Crippen LogP contribution in [0.15, 0.2) is 18.2 Å². The lowest BCUT2D eigenvalue weighted by Crippen LogP contribution is -2.11. The Morgan fingerprint density at radius 1 is 1.29 bits per heavy atom. The van der Waals surface area contributed by atoms with Crippen molar-refractivity contribution in [3.8, 4) is 6.07 Å². The van der Waals surface area contributed by atoms with Gasteiger partial charge < -0.3 is 4.74 Å². The topological polar surface area (TPSA) is 33.0 Å². The summed E-state index contributed by atoms with van der Waals surface area (Å²) in [5.74, 6) is -0.656. The average Bonchev–Trinajstić information content (AvgIpc) is 2.24. The fraction of sp³-hybridized carbons (Fsp3) is 0.364. The van der Waals surface area contributed by atoms with Crippen molar-refractivity contribution in [3.63, 3.8) is 0 Å². The van der Waals surface area contributed by atoms with Crippen LogP contribution in [0.5, 0.6) is 0 Å². The van der Waals surface area contributed by atoms with Crippen LogP contribution in [0.3, 0.4) is 0 Å². The van der Waals surface area contributed by atoms with Crippen molar-refractivity contribution in [2.24, 2.45) is 0 Å². The molecule has 0 aliphatic carbocycles. The highest BCUT2D eigenvalue weighted by Gasteiger charge is 2.26. The van der Waals surface area contributed by atoms with Crippen molar-refractivity contribution in [3.05, 3.63) is 35.1 Å². The van der Waals surface area contributed by atoms with Crippen LogP contribution in [0.4, 0.5) is 17.6 Å². The van der Waals surface area contributed by atoms with E-state index in [4.69, 9.17) is 10.00 Å². The van der Waals surface area contributed by atoms with Crippen molar-refractivity contribution in [2.75, 3.05) is 6.61 Å². The second-order valence-electron chi connectivity index (χ2n) is 3.34. The van der Waals surface area contributed by atoms with Gasteiger partial charge in [0.2, 0.25) is 0 Å². The van der Waals surface area contributed by atoms with Crippen molar-refractivity contribution in [1.29, 1.82) is 5.26 Å². The second-order valence-corrected chi connectivity index (χ2v) is 3.34. The van der Waals surface area contributed by atoms with Gasteiger partial charge in [-0.1, -0.05) is 6.07 Å². The largest absolute Gasteiger partial charge is 0.391 e. The van der Waals surface area contributed by atoms with Crippen LogP contribution in [-0.2, 0) is 11.3 Å². The number of alkyl halides is 3. The Hall–Kier alpha value is -1.61. The van der Waals surface area contributed by atoms with E-state index >= 15 is 0 Å². The molecule has 0 amide bonds. The third-order valence-corrected chi connectivity index (χ3v) is 1.97. The maximum Gasteiger partial charge on any atom is 0.391 e. The highest BCUT2D eigenvalue weighted by Crippen LogP contribution is 2.19. The first-order valence-electron chi connectivity index (χ1n) is 4.75. The molecule has 0 atom stereocenters. The molecule has 0 radical (unpaired) electrons. The van der Waals surface area contributed by atoms with Gasteiger partial charge in [-0.2, -0.15) is 18.4 Å². The number of benzene rings is 1. The summed E-state index contributed by atoms with van der Waals surface area (Å²) in [6, 6.07) is 5.47. The Balaban J connectivity index is 2.45. The zero-order chi connectivity index (χ0) is 12.9. The van der Waals surface area contributed by atoms with Gasteiger partial charge in [-0.15, -0.1) is 0 Å². The van der Waals surface area contributed by atoms with Gasteiger partial charge in [-0.25, -0.2) is 4.39 Å². The molecular weight excluding hydrogens is 238 g/mol.